The van der Waals surface area contributed by atoms with Crippen LogP contribution >= 0.6 is 23.5 Å². The molecule has 1 aliphatic rings. The van der Waals surface area contributed by atoms with Gasteiger partial charge in [-0.05, 0) is 30.6 Å². The third-order valence-electron chi connectivity index (χ3n) is 1.77. The van der Waals surface area contributed by atoms with Crippen molar-refractivity contribution in [3.63, 3.8) is 0 Å². The molecule has 0 bridgehead atoms. The van der Waals surface area contributed by atoms with Gasteiger partial charge in [-0.25, -0.2) is 8.70 Å². The Kier molecular flexibility index (Phi) is 2.02. The van der Waals surface area contributed by atoms with Crippen LogP contribution in [0.15, 0.2) is 17.0 Å². The molecule has 12 heavy (non-hydrogen) atoms. The van der Waals surface area contributed by atoms with Gasteiger partial charge in [0.2, 0.25) is 0 Å². The lowest BCUT2D eigenvalue weighted by molar-refractivity contribution is 0.579. The van der Waals surface area contributed by atoms with Gasteiger partial charge in [-0.1, -0.05) is 17.7 Å². The first-order valence-electron chi connectivity index (χ1n) is 3.54. The number of halogens is 2. The fraction of sp³-hybridized carbons (Fsp3) is 0.250. The summed E-state index contributed by atoms with van der Waals surface area (Å²) in [5.74, 6) is -0.335. The van der Waals surface area contributed by atoms with Crippen molar-refractivity contribution in [3.8, 4) is 0 Å². The van der Waals surface area contributed by atoms with Crippen molar-refractivity contribution in [2.45, 2.75) is 11.4 Å². The topological polar surface area (TPSA) is 3.24 Å². The zero-order chi connectivity index (χ0) is 8.72. The summed E-state index contributed by atoms with van der Waals surface area (Å²) < 4.78 is 15.0. The summed E-state index contributed by atoms with van der Waals surface area (Å²) in [5.41, 5.74) is 1.11. The van der Waals surface area contributed by atoms with Crippen LogP contribution in [-0.4, -0.2) is 11.4 Å². The first-order chi connectivity index (χ1) is 5.68. The van der Waals surface area contributed by atoms with Crippen LogP contribution in [0.2, 0.25) is 5.02 Å². The molecule has 0 radical (unpaired) electrons. The highest BCUT2D eigenvalue weighted by Crippen LogP contribution is 2.40. The summed E-state index contributed by atoms with van der Waals surface area (Å²) in [5, 5.41) is 0.252. The maximum atomic E-state index is 12.9. The van der Waals surface area contributed by atoms with E-state index in [1.807, 2.05) is 11.4 Å². The number of nitrogens with zero attached hydrogens (tertiary/aromatic N) is 1. The van der Waals surface area contributed by atoms with E-state index < -0.39 is 0 Å². The van der Waals surface area contributed by atoms with E-state index in [1.54, 1.807) is 6.07 Å². The Morgan fingerprint density at radius 2 is 2.33 bits per heavy atom. The van der Waals surface area contributed by atoms with Crippen molar-refractivity contribution in [1.29, 1.82) is 0 Å². The Bertz CT molecular complexity index is 329. The van der Waals surface area contributed by atoms with E-state index >= 15 is 0 Å². The second kappa shape index (κ2) is 2.91. The molecule has 0 unspecified atom stereocenters. The molecule has 2 rings (SSSR count). The lowest BCUT2D eigenvalue weighted by Gasteiger charge is -2.01. The highest BCUT2D eigenvalue weighted by Gasteiger charge is 2.21. The third kappa shape index (κ3) is 1.22. The van der Waals surface area contributed by atoms with E-state index in [9.17, 15) is 4.39 Å². The minimum Gasteiger partial charge on any atom is -0.245 e. The number of rotatable bonds is 0. The third-order valence-corrected chi connectivity index (χ3v) is 3.34. The molecule has 1 aliphatic heterocycles. The summed E-state index contributed by atoms with van der Waals surface area (Å²) in [6, 6.07) is 3.20. The summed E-state index contributed by atoms with van der Waals surface area (Å²) in [6.45, 7) is 0.833. The van der Waals surface area contributed by atoms with Crippen molar-refractivity contribution >= 4 is 23.5 Å². The highest BCUT2D eigenvalue weighted by atomic mass is 35.5. The van der Waals surface area contributed by atoms with E-state index in [0.717, 1.165) is 17.0 Å². The van der Waals surface area contributed by atoms with Crippen molar-refractivity contribution in [3.05, 3.63) is 28.5 Å². The summed E-state index contributed by atoms with van der Waals surface area (Å²) in [6.07, 6.45) is 0. The van der Waals surface area contributed by atoms with Gasteiger partial charge in [-0.15, -0.1) is 0 Å². The number of benzene rings is 1. The second-order valence-corrected chi connectivity index (χ2v) is 4.32. The predicted octanol–water partition coefficient (Wildman–Crippen LogP) is 2.93. The quantitative estimate of drug-likeness (QED) is 0.597. The molecule has 0 amide bonds. The Morgan fingerprint density at radius 1 is 1.58 bits per heavy atom. The van der Waals surface area contributed by atoms with Gasteiger partial charge in [0, 0.05) is 11.4 Å². The summed E-state index contributed by atoms with van der Waals surface area (Å²) in [7, 11) is 1.96. The normalized spacial score (nSPS) is 16.6. The zero-order valence-corrected chi connectivity index (χ0v) is 8.05. The van der Waals surface area contributed by atoms with Gasteiger partial charge >= 0.3 is 0 Å². The van der Waals surface area contributed by atoms with E-state index in [2.05, 4.69) is 0 Å². The van der Waals surface area contributed by atoms with Crippen molar-refractivity contribution in [2.75, 3.05) is 7.05 Å². The maximum Gasteiger partial charge on any atom is 0.143 e. The van der Waals surface area contributed by atoms with Crippen LogP contribution in [0.5, 0.6) is 0 Å². The second-order valence-electron chi connectivity index (χ2n) is 2.73. The molecule has 0 N–H and O–H groups in total. The smallest absolute Gasteiger partial charge is 0.143 e. The lowest BCUT2D eigenvalue weighted by atomic mass is 10.2. The Morgan fingerprint density at radius 3 is 3.08 bits per heavy atom. The standard InChI is InChI=1S/C8H7ClFNS/c1-11-4-5-2-3-6(10)7(9)8(5)12-11/h2-3H,4H2,1H3. The molecule has 1 aromatic rings. The average molecular weight is 204 g/mol. The largest absolute Gasteiger partial charge is 0.245 e. The Balaban J connectivity index is 2.54. The highest BCUT2D eigenvalue weighted by molar-refractivity contribution is 7.97. The van der Waals surface area contributed by atoms with E-state index in [4.69, 9.17) is 11.6 Å². The minimum atomic E-state index is -0.335. The molecule has 4 heteroatoms. The fourth-order valence-corrected chi connectivity index (χ4v) is 2.45. The molecule has 0 aromatic heterocycles. The van der Waals surface area contributed by atoms with Crippen LogP contribution in [0.3, 0.4) is 0 Å². The molecule has 64 valence electrons. The van der Waals surface area contributed by atoms with Crippen LogP contribution < -0.4 is 0 Å². The number of fused-ring (bicyclic) bond motifs is 1. The van der Waals surface area contributed by atoms with Gasteiger partial charge in [-0.3, -0.25) is 0 Å². The fourth-order valence-electron chi connectivity index (χ4n) is 1.22. The van der Waals surface area contributed by atoms with Gasteiger partial charge in [0.1, 0.15) is 5.82 Å². The first kappa shape index (κ1) is 8.35. The van der Waals surface area contributed by atoms with Gasteiger partial charge in [-0.2, -0.15) is 0 Å². The molecule has 1 heterocycles. The molecule has 0 atom stereocenters. The van der Waals surface area contributed by atoms with Crippen molar-refractivity contribution in [2.24, 2.45) is 0 Å². The molecular formula is C8H7ClFNS. The molecule has 0 spiro atoms. The molecule has 0 aliphatic carbocycles. The lowest BCUT2D eigenvalue weighted by Crippen LogP contribution is -1.99. The predicted molar refractivity (Wildman–Crippen MR) is 48.7 cm³/mol. The van der Waals surface area contributed by atoms with Crippen molar-refractivity contribution < 1.29 is 4.39 Å². The monoisotopic (exact) mass is 203 g/mol. The molecule has 0 saturated heterocycles. The Labute approximate surface area is 79.6 Å². The minimum absolute atomic E-state index is 0.252. The van der Waals surface area contributed by atoms with Crippen molar-refractivity contribution in [1.82, 2.24) is 4.31 Å². The van der Waals surface area contributed by atoms with Crippen LogP contribution in [0.1, 0.15) is 5.56 Å². The van der Waals surface area contributed by atoms with E-state index in [0.29, 0.717) is 0 Å². The number of hydrogen-bond acceptors (Lipinski definition) is 2. The van der Waals surface area contributed by atoms with Crippen LogP contribution in [0, 0.1) is 5.82 Å². The molecular weight excluding hydrogens is 197 g/mol. The first-order valence-corrected chi connectivity index (χ1v) is 4.69. The van der Waals surface area contributed by atoms with Crippen LogP contribution in [-0.2, 0) is 6.54 Å². The average Bonchev–Trinajstić information content (AvgIpc) is 2.39. The number of hydrogen-bond donors (Lipinski definition) is 0. The van der Waals surface area contributed by atoms with Gasteiger partial charge in [0.15, 0.2) is 0 Å². The maximum absolute atomic E-state index is 12.9. The summed E-state index contributed by atoms with van der Waals surface area (Å²) >= 11 is 7.27. The van der Waals surface area contributed by atoms with Crippen LogP contribution in [0.4, 0.5) is 4.39 Å². The van der Waals surface area contributed by atoms with Gasteiger partial charge < -0.3 is 0 Å². The molecule has 1 aromatic carbocycles. The van der Waals surface area contributed by atoms with Gasteiger partial charge in [0.25, 0.3) is 0 Å². The zero-order valence-electron chi connectivity index (χ0n) is 6.47. The van der Waals surface area contributed by atoms with E-state index in [1.165, 1.54) is 18.0 Å². The van der Waals surface area contributed by atoms with Gasteiger partial charge in [0.05, 0.1) is 5.02 Å². The molecule has 0 fully saturated rings. The SMILES string of the molecule is CN1Cc2ccc(F)c(Cl)c2S1. The molecule has 1 nitrogen and oxygen atoms in total. The van der Waals surface area contributed by atoms with Crippen LogP contribution in [0.25, 0.3) is 0 Å². The molecule has 0 saturated carbocycles. The summed E-state index contributed by atoms with van der Waals surface area (Å²) in [4.78, 5) is 0.860. The van der Waals surface area contributed by atoms with E-state index in [-0.39, 0.29) is 10.8 Å². The Hall–Kier alpha value is -0.250.